The molecule has 0 aliphatic heterocycles. The molecule has 5 fully saturated rings. The summed E-state index contributed by atoms with van der Waals surface area (Å²) in [5.74, 6) is 3.18. The Balaban J connectivity index is 1.55. The maximum atomic E-state index is 3.80. The zero-order valence-corrected chi connectivity index (χ0v) is 13.6. The lowest BCUT2D eigenvalue weighted by Gasteiger charge is -2.63. The van der Waals surface area contributed by atoms with E-state index in [1.807, 2.05) is 0 Å². The van der Waals surface area contributed by atoms with Crippen molar-refractivity contribution in [2.24, 2.45) is 28.6 Å². The normalized spacial score (nSPS) is 48.9. The van der Waals surface area contributed by atoms with Gasteiger partial charge in [-0.2, -0.15) is 0 Å². The molecule has 0 saturated heterocycles. The first-order valence-electron chi connectivity index (χ1n) is 9.28. The molecule has 114 valence electrons. The summed E-state index contributed by atoms with van der Waals surface area (Å²) in [4.78, 5) is 0. The molecule has 5 saturated carbocycles. The Bertz CT molecular complexity index is 354. The largest absolute Gasteiger partial charge is 0.316 e. The van der Waals surface area contributed by atoms with Crippen molar-refractivity contribution in [3.05, 3.63) is 0 Å². The second-order valence-corrected chi connectivity index (χ2v) is 9.36. The molecule has 20 heavy (non-hydrogen) atoms. The summed E-state index contributed by atoms with van der Waals surface area (Å²) >= 11 is 0. The van der Waals surface area contributed by atoms with Crippen LogP contribution in [0.2, 0.25) is 0 Å². The molecule has 1 N–H and O–H groups in total. The minimum Gasteiger partial charge on any atom is -0.316 e. The first-order chi connectivity index (χ1) is 9.61. The van der Waals surface area contributed by atoms with Crippen LogP contribution in [0.5, 0.6) is 0 Å². The fourth-order valence-electron chi connectivity index (χ4n) is 7.46. The predicted octanol–water partition coefficient (Wildman–Crippen LogP) is 4.76. The smallest absolute Gasteiger partial charge is 0.0124 e. The van der Waals surface area contributed by atoms with Crippen LogP contribution < -0.4 is 5.32 Å². The molecule has 3 unspecified atom stereocenters. The summed E-state index contributed by atoms with van der Waals surface area (Å²) in [7, 11) is 2.25. The van der Waals surface area contributed by atoms with E-state index in [9.17, 15) is 0 Å². The highest BCUT2D eigenvalue weighted by Gasteiger charge is 2.58. The van der Waals surface area contributed by atoms with Gasteiger partial charge in [0.25, 0.3) is 0 Å². The number of nitrogens with one attached hydrogen (secondary N) is 1. The fraction of sp³-hybridized carbons (Fsp3) is 1.00. The molecule has 0 heterocycles. The quantitative estimate of drug-likeness (QED) is 0.780. The van der Waals surface area contributed by atoms with Gasteiger partial charge in [-0.15, -0.1) is 0 Å². The molecule has 0 aromatic rings. The van der Waals surface area contributed by atoms with Gasteiger partial charge >= 0.3 is 0 Å². The lowest BCUT2D eigenvalue weighted by atomic mass is 9.43. The van der Waals surface area contributed by atoms with E-state index in [0.717, 1.165) is 23.8 Å². The monoisotopic (exact) mass is 275 g/mol. The van der Waals surface area contributed by atoms with Crippen LogP contribution in [0.15, 0.2) is 0 Å². The van der Waals surface area contributed by atoms with E-state index in [-0.39, 0.29) is 0 Å². The average Bonchev–Trinajstić information content (AvgIpc) is 2.85. The maximum Gasteiger partial charge on any atom is 0.0124 e. The summed E-state index contributed by atoms with van der Waals surface area (Å²) in [5.41, 5.74) is 1.38. The Kier molecular flexibility index (Phi) is 3.22. The lowest BCUT2D eigenvalue weighted by molar-refractivity contribution is -0.119. The van der Waals surface area contributed by atoms with E-state index < -0.39 is 0 Å². The van der Waals surface area contributed by atoms with Gasteiger partial charge in [-0.1, -0.05) is 32.6 Å². The summed E-state index contributed by atoms with van der Waals surface area (Å²) in [6, 6.07) is 0.816. The molecule has 4 bridgehead atoms. The average molecular weight is 275 g/mol. The molecule has 0 spiro atoms. The van der Waals surface area contributed by atoms with Gasteiger partial charge in [0.1, 0.15) is 0 Å². The first kappa shape index (κ1) is 13.6. The first-order valence-corrected chi connectivity index (χ1v) is 9.28. The molecule has 1 heteroatoms. The van der Waals surface area contributed by atoms with Crippen LogP contribution in [-0.2, 0) is 0 Å². The predicted molar refractivity (Wildman–Crippen MR) is 84.6 cm³/mol. The summed E-state index contributed by atoms with van der Waals surface area (Å²) in [6.45, 7) is 2.61. The van der Waals surface area contributed by atoms with Crippen LogP contribution in [0.25, 0.3) is 0 Å². The van der Waals surface area contributed by atoms with Gasteiger partial charge in [0.15, 0.2) is 0 Å². The number of hydrogen-bond acceptors (Lipinski definition) is 1. The van der Waals surface area contributed by atoms with E-state index in [1.165, 1.54) is 38.5 Å². The fourth-order valence-corrected chi connectivity index (χ4v) is 7.46. The van der Waals surface area contributed by atoms with Gasteiger partial charge in [-0.25, -0.2) is 0 Å². The van der Waals surface area contributed by atoms with Crippen LogP contribution in [0.4, 0.5) is 0 Å². The Labute approximate surface area is 125 Å². The summed E-state index contributed by atoms with van der Waals surface area (Å²) in [5, 5.41) is 3.80. The number of hydrogen-bond donors (Lipinski definition) is 1. The van der Waals surface area contributed by atoms with Crippen LogP contribution in [0, 0.1) is 28.6 Å². The second kappa shape index (κ2) is 4.73. The molecule has 5 aliphatic rings. The zero-order chi connectivity index (χ0) is 13.8. The van der Waals surface area contributed by atoms with Gasteiger partial charge < -0.3 is 5.32 Å². The maximum absolute atomic E-state index is 3.80. The molecular formula is C19H33N. The van der Waals surface area contributed by atoms with Crippen molar-refractivity contribution in [1.82, 2.24) is 5.32 Å². The minimum atomic E-state index is 0.677. The van der Waals surface area contributed by atoms with E-state index in [1.54, 1.807) is 32.1 Å². The third kappa shape index (κ3) is 2.16. The Morgan fingerprint density at radius 1 is 1.05 bits per heavy atom. The Hall–Kier alpha value is -0.0400. The van der Waals surface area contributed by atoms with Crippen LogP contribution in [0.1, 0.15) is 77.6 Å². The third-order valence-electron chi connectivity index (χ3n) is 7.53. The molecule has 0 amide bonds. The summed E-state index contributed by atoms with van der Waals surface area (Å²) in [6.07, 6.45) is 16.8. The molecule has 1 nitrogen and oxygen atoms in total. The Morgan fingerprint density at radius 2 is 1.70 bits per heavy atom. The van der Waals surface area contributed by atoms with E-state index in [0.29, 0.717) is 10.8 Å². The van der Waals surface area contributed by atoms with Crippen LogP contribution in [-0.4, -0.2) is 13.1 Å². The molecule has 5 aliphatic carbocycles. The zero-order valence-electron chi connectivity index (χ0n) is 13.6. The van der Waals surface area contributed by atoms with Gasteiger partial charge in [0.2, 0.25) is 0 Å². The molecule has 5 rings (SSSR count). The molecule has 3 atom stereocenters. The second-order valence-electron chi connectivity index (χ2n) is 9.36. The van der Waals surface area contributed by atoms with Crippen molar-refractivity contribution in [2.45, 2.75) is 83.6 Å². The molecule has 0 aromatic heterocycles. The van der Waals surface area contributed by atoms with Gasteiger partial charge in [0, 0.05) is 6.04 Å². The number of rotatable bonds is 4. The summed E-state index contributed by atoms with van der Waals surface area (Å²) < 4.78 is 0. The highest BCUT2D eigenvalue weighted by Crippen LogP contribution is 2.66. The van der Waals surface area contributed by atoms with Crippen molar-refractivity contribution in [1.29, 1.82) is 0 Å². The van der Waals surface area contributed by atoms with Gasteiger partial charge in [-0.05, 0) is 80.6 Å². The van der Waals surface area contributed by atoms with Gasteiger partial charge in [-0.3, -0.25) is 0 Å². The van der Waals surface area contributed by atoms with E-state index in [2.05, 4.69) is 19.3 Å². The van der Waals surface area contributed by atoms with Crippen molar-refractivity contribution in [3.63, 3.8) is 0 Å². The Morgan fingerprint density at radius 3 is 2.25 bits per heavy atom. The standard InChI is InChI=1S/C19H33N/c1-18-9-15-7-16(10-18)12-19(11-15,13-18)17(20-2)8-14-5-3-4-6-14/h14-17,20H,3-13H2,1-2H3. The lowest BCUT2D eigenvalue weighted by Crippen LogP contribution is -2.58. The topological polar surface area (TPSA) is 12.0 Å². The van der Waals surface area contributed by atoms with Crippen molar-refractivity contribution >= 4 is 0 Å². The minimum absolute atomic E-state index is 0.677. The van der Waals surface area contributed by atoms with Crippen molar-refractivity contribution in [3.8, 4) is 0 Å². The van der Waals surface area contributed by atoms with Crippen LogP contribution in [0.3, 0.4) is 0 Å². The molecular weight excluding hydrogens is 242 g/mol. The third-order valence-corrected chi connectivity index (χ3v) is 7.53. The molecule has 0 radical (unpaired) electrons. The molecule has 0 aromatic carbocycles. The van der Waals surface area contributed by atoms with Crippen molar-refractivity contribution < 1.29 is 0 Å². The van der Waals surface area contributed by atoms with Crippen LogP contribution >= 0.6 is 0 Å². The van der Waals surface area contributed by atoms with E-state index >= 15 is 0 Å². The SMILES string of the molecule is CNC(CC1CCCC1)C12CC3CC(CC(C)(C3)C1)C2. The highest BCUT2D eigenvalue weighted by molar-refractivity contribution is 5.10. The highest BCUT2D eigenvalue weighted by atomic mass is 14.9. The van der Waals surface area contributed by atoms with E-state index in [4.69, 9.17) is 0 Å². The van der Waals surface area contributed by atoms with Crippen molar-refractivity contribution in [2.75, 3.05) is 7.05 Å². The van der Waals surface area contributed by atoms with Gasteiger partial charge in [0.05, 0.1) is 0 Å².